The third kappa shape index (κ3) is 3.31. The van der Waals surface area contributed by atoms with Crippen molar-refractivity contribution in [2.45, 2.75) is 33.5 Å². The van der Waals surface area contributed by atoms with Crippen LogP contribution in [-0.4, -0.2) is 0 Å². The van der Waals surface area contributed by atoms with E-state index in [1.165, 1.54) is 6.92 Å². The summed E-state index contributed by atoms with van der Waals surface area (Å²) < 4.78 is 82.5. The Morgan fingerprint density at radius 2 is 1.73 bits per heavy atom. The first-order valence-electron chi connectivity index (χ1n) is 15.0. The predicted molar refractivity (Wildman–Crippen MR) is 136 cm³/mol. The smallest absolute Gasteiger partial charge is 0.216 e. The van der Waals surface area contributed by atoms with E-state index in [4.69, 9.17) is 23.3 Å². The molecule has 0 amide bonds. The van der Waals surface area contributed by atoms with E-state index < -0.39 is 43.0 Å². The zero-order valence-corrected chi connectivity index (χ0v) is 18.8. The summed E-state index contributed by atoms with van der Waals surface area (Å²) in [6.45, 7) is 10.3. The highest BCUT2D eigenvalue weighted by atomic mass is 16.3. The maximum atomic E-state index is 8.70. The number of pyridine rings is 1. The van der Waals surface area contributed by atoms with Crippen LogP contribution < -0.4 is 4.57 Å². The van der Waals surface area contributed by atoms with Crippen LogP contribution in [-0.2, 0) is 7.05 Å². The fraction of sp³-hybridized carbons (Fsp3) is 0.200. The van der Waals surface area contributed by atoms with Gasteiger partial charge in [0.05, 0.1) is 19.0 Å². The summed E-state index contributed by atoms with van der Waals surface area (Å²) in [5.41, 5.74) is 3.80. The number of fused-ring (bicyclic) bond motifs is 3. The number of rotatable bonds is 3. The van der Waals surface area contributed by atoms with Gasteiger partial charge in [0.25, 0.3) is 0 Å². The molecule has 5 aromatic rings. The van der Waals surface area contributed by atoms with Crippen LogP contribution in [0.15, 0.2) is 71.0 Å². The van der Waals surface area contributed by atoms with Crippen LogP contribution in [0.3, 0.4) is 0 Å². The van der Waals surface area contributed by atoms with Crippen molar-refractivity contribution in [2.24, 2.45) is 7.05 Å². The molecule has 5 rings (SSSR count). The molecule has 0 N–H and O–H groups in total. The second-order valence-corrected chi connectivity index (χ2v) is 8.14. The second-order valence-electron chi connectivity index (χ2n) is 8.14. The topological polar surface area (TPSA) is 21.4 Å². The molecular weight excluding hydrogens is 404 g/mol. The molecule has 33 heavy (non-hydrogen) atoms. The largest absolute Gasteiger partial charge is 0.456 e. The zero-order valence-electron chi connectivity index (χ0n) is 27.8. The van der Waals surface area contributed by atoms with Crippen molar-refractivity contribution in [3.8, 4) is 22.4 Å². The molecule has 0 aliphatic rings. The molecule has 3 heteroatoms. The van der Waals surface area contributed by atoms with E-state index in [2.05, 4.69) is 4.85 Å². The highest BCUT2D eigenvalue weighted by Gasteiger charge is 2.24. The molecule has 0 saturated carbocycles. The zero-order chi connectivity index (χ0) is 31.0. The minimum atomic E-state index is -2.58. The van der Waals surface area contributed by atoms with Crippen molar-refractivity contribution >= 4 is 27.6 Å². The first kappa shape index (κ1) is 13.0. The molecule has 1 unspecified atom stereocenters. The Kier molecular flexibility index (Phi) is 3.10. The van der Waals surface area contributed by atoms with Gasteiger partial charge in [-0.2, -0.15) is 4.57 Å². The highest BCUT2D eigenvalue weighted by Crippen LogP contribution is 2.44. The van der Waals surface area contributed by atoms with Gasteiger partial charge in [0.1, 0.15) is 18.2 Å². The van der Waals surface area contributed by atoms with Crippen molar-refractivity contribution in [3.05, 3.63) is 94.8 Å². The van der Waals surface area contributed by atoms with Crippen molar-refractivity contribution in [1.82, 2.24) is 0 Å². The fourth-order valence-corrected chi connectivity index (χ4v) is 4.27. The second kappa shape index (κ2) is 7.90. The molecule has 0 saturated heterocycles. The number of benzene rings is 3. The van der Waals surface area contributed by atoms with Crippen molar-refractivity contribution in [3.63, 3.8) is 0 Å². The summed E-state index contributed by atoms with van der Waals surface area (Å²) in [5.74, 6) is -1.88. The molecule has 0 aliphatic heterocycles. The Hall–Kier alpha value is -3.90. The van der Waals surface area contributed by atoms with Crippen LogP contribution in [0.5, 0.6) is 0 Å². The van der Waals surface area contributed by atoms with Crippen LogP contribution in [0.25, 0.3) is 49.2 Å². The number of hydrogen-bond donors (Lipinski definition) is 0. The summed E-state index contributed by atoms with van der Waals surface area (Å²) >= 11 is 0. The van der Waals surface area contributed by atoms with Gasteiger partial charge in [-0.05, 0) is 29.5 Å². The predicted octanol–water partition coefficient (Wildman–Crippen LogP) is 8.04. The van der Waals surface area contributed by atoms with Gasteiger partial charge in [0.2, 0.25) is 5.69 Å². The fourth-order valence-electron chi connectivity index (χ4n) is 4.27. The summed E-state index contributed by atoms with van der Waals surface area (Å²) in [6, 6.07) is 7.94. The maximum absolute atomic E-state index is 8.70. The Balaban J connectivity index is 1.93. The van der Waals surface area contributed by atoms with Gasteiger partial charge >= 0.3 is 0 Å². The monoisotopic (exact) mass is 440 g/mol. The summed E-state index contributed by atoms with van der Waals surface area (Å²) in [4.78, 5) is 3.59. The molecule has 0 aliphatic carbocycles. The van der Waals surface area contributed by atoms with Crippen LogP contribution in [0, 0.1) is 20.4 Å². The summed E-state index contributed by atoms with van der Waals surface area (Å²) in [5, 5.41) is 1.26. The van der Waals surface area contributed by atoms with E-state index in [1.54, 1.807) is 24.3 Å². The number of hydrogen-bond acceptors (Lipinski definition) is 1. The van der Waals surface area contributed by atoms with Crippen LogP contribution in [0.1, 0.15) is 48.8 Å². The maximum Gasteiger partial charge on any atom is 0.216 e. The Bertz CT molecular complexity index is 1970. The van der Waals surface area contributed by atoms with Gasteiger partial charge < -0.3 is 4.42 Å². The van der Waals surface area contributed by atoms with E-state index >= 15 is 0 Å². The van der Waals surface area contributed by atoms with Gasteiger partial charge in [-0.3, -0.25) is 0 Å². The first-order chi connectivity index (χ1) is 19.5. The van der Waals surface area contributed by atoms with Crippen molar-refractivity contribution in [2.75, 3.05) is 0 Å². The van der Waals surface area contributed by atoms with Crippen molar-refractivity contribution < 1.29 is 21.3 Å². The number of nitrogens with zero attached hydrogens (tertiary/aromatic N) is 2. The third-order valence-corrected chi connectivity index (χ3v) is 6.10. The average Bonchev–Trinajstić information content (AvgIpc) is 3.30. The molecule has 0 spiro atoms. The molecule has 0 radical (unpaired) electrons. The van der Waals surface area contributed by atoms with Crippen LogP contribution in [0.4, 0.5) is 5.69 Å². The molecule has 3 aromatic carbocycles. The molecule has 2 heterocycles. The summed E-state index contributed by atoms with van der Waals surface area (Å²) in [6.07, 6.45) is 0. The minimum Gasteiger partial charge on any atom is -0.456 e. The van der Waals surface area contributed by atoms with Crippen LogP contribution >= 0.6 is 0 Å². The average molecular weight is 441 g/mol. The van der Waals surface area contributed by atoms with Gasteiger partial charge in [-0.1, -0.05) is 68.3 Å². The molecule has 162 valence electrons. The molecule has 1 atom stereocenters. The first-order valence-corrected chi connectivity index (χ1v) is 10.5. The Labute approximate surface area is 207 Å². The standard InChI is InChI=1S/C30H27N2O/c1-18(2)22-16-20(4)32(6)26(17-22)27-19(3)12-13-23-24-14-15-25(31-5)28(30(24)33-29(23)27)21-10-8-7-9-11-21/h7-18H,1-4,6H3/q+1/i1D3,7D,8D,9D,10D,11D,18D. The number of aryl methyl sites for hydroxylation is 2. The molecule has 2 aromatic heterocycles. The van der Waals surface area contributed by atoms with E-state index in [1.807, 2.05) is 37.6 Å². The summed E-state index contributed by atoms with van der Waals surface area (Å²) in [7, 11) is 1.83. The lowest BCUT2D eigenvalue weighted by Crippen LogP contribution is -2.35. The van der Waals surface area contributed by atoms with Crippen LogP contribution in [0.2, 0.25) is 0 Å². The number of furan rings is 1. The van der Waals surface area contributed by atoms with Gasteiger partial charge in [-0.15, -0.1) is 0 Å². The number of aromatic nitrogens is 1. The lowest BCUT2D eigenvalue weighted by atomic mass is 9.95. The minimum absolute atomic E-state index is 0.0735. The van der Waals surface area contributed by atoms with Crippen molar-refractivity contribution in [1.29, 1.82) is 0 Å². The SMILES string of the molecule is [2H]c1c([2H])c([2H])c(-c2c([N+]#[C-])ccc3c2oc2c(-c4cc(C([2H])(C)C([2H])([2H])[2H])cc(C)[n+]4C)c(C)ccc23)c([2H])c1[2H]. The van der Waals surface area contributed by atoms with Gasteiger partial charge in [0, 0.05) is 40.9 Å². The Morgan fingerprint density at radius 1 is 1.03 bits per heavy atom. The van der Waals surface area contributed by atoms with E-state index in [-0.39, 0.29) is 22.4 Å². The molecular formula is C30H27N2O+. The van der Waals surface area contributed by atoms with E-state index in [0.717, 1.165) is 11.3 Å². The Morgan fingerprint density at radius 3 is 2.42 bits per heavy atom. The van der Waals surface area contributed by atoms with Gasteiger partial charge in [0.15, 0.2) is 11.4 Å². The lowest BCUT2D eigenvalue weighted by Gasteiger charge is -2.11. The normalized spacial score (nSPS) is 17.5. The molecule has 0 bridgehead atoms. The van der Waals surface area contributed by atoms with Gasteiger partial charge in [-0.25, -0.2) is 4.85 Å². The molecule has 0 fully saturated rings. The third-order valence-electron chi connectivity index (χ3n) is 6.10. The highest BCUT2D eigenvalue weighted by molar-refractivity contribution is 6.15. The molecule has 3 nitrogen and oxygen atoms in total. The van der Waals surface area contributed by atoms with E-state index in [9.17, 15) is 0 Å². The lowest BCUT2D eigenvalue weighted by molar-refractivity contribution is -0.666. The van der Waals surface area contributed by atoms with E-state index in [0.29, 0.717) is 33.2 Å². The quantitative estimate of drug-likeness (QED) is 0.205.